The van der Waals surface area contributed by atoms with E-state index in [4.69, 9.17) is 29.0 Å². The van der Waals surface area contributed by atoms with E-state index in [0.29, 0.717) is 6.42 Å². The van der Waals surface area contributed by atoms with Gasteiger partial charge in [0.25, 0.3) is 0 Å². The smallest absolute Gasteiger partial charge is 0.303 e. The van der Waals surface area contributed by atoms with Crippen molar-refractivity contribution in [1.29, 1.82) is 0 Å². The molecule has 0 aromatic heterocycles. The van der Waals surface area contributed by atoms with Crippen LogP contribution >= 0.6 is 15.6 Å². The molecule has 0 amide bonds. The van der Waals surface area contributed by atoms with E-state index in [-0.39, 0.29) is 6.61 Å². The molecule has 0 aromatic carbocycles. The van der Waals surface area contributed by atoms with Gasteiger partial charge in [-0.15, -0.1) is 0 Å². The summed E-state index contributed by atoms with van der Waals surface area (Å²) in [5.74, 6) is 12.3. The molecule has 5 N–H and O–H groups in total. The Morgan fingerprint density at radius 3 is 1.17 bits per heavy atom. The van der Waals surface area contributed by atoms with Gasteiger partial charge in [-0.1, -0.05) is 115 Å². The van der Waals surface area contributed by atoms with Crippen LogP contribution in [0.5, 0.6) is 0 Å². The highest BCUT2D eigenvalue weighted by Gasteiger charge is 2.12. The maximum Gasteiger partial charge on any atom is 0.469 e. The average Bonchev–Trinajstić information content (AvgIpc) is 2.77. The Hall–Kier alpha value is -0.660. The van der Waals surface area contributed by atoms with Gasteiger partial charge in [0.1, 0.15) is 0 Å². The fraction of sp³-hybridized carbons (Fsp3) is 0.846. The fourth-order valence-corrected chi connectivity index (χ4v) is 3.84. The van der Waals surface area contributed by atoms with E-state index in [1.165, 1.54) is 83.5 Å². The highest BCUT2D eigenvalue weighted by Crippen LogP contribution is 2.35. The summed E-state index contributed by atoms with van der Waals surface area (Å²) in [5.41, 5.74) is 0. The van der Waals surface area contributed by atoms with Crippen LogP contribution in [0.3, 0.4) is 0 Å². The third kappa shape index (κ3) is 46.6. The zero-order chi connectivity index (χ0) is 27.4. The summed E-state index contributed by atoms with van der Waals surface area (Å²) in [4.78, 5) is 38.7. The van der Waals surface area contributed by atoms with Crippen molar-refractivity contribution in [2.75, 3.05) is 6.61 Å². The lowest BCUT2D eigenvalue weighted by Gasteiger charge is -2.04. The number of rotatable bonds is 21. The van der Waals surface area contributed by atoms with E-state index in [1.807, 2.05) is 0 Å². The summed E-state index contributed by atoms with van der Waals surface area (Å²) in [6, 6.07) is 0. The number of hydrogen-bond acceptors (Lipinski definition) is 3. The molecule has 0 saturated heterocycles. The summed E-state index contributed by atoms with van der Waals surface area (Å²) < 4.78 is 23.8. The van der Waals surface area contributed by atoms with E-state index in [0.717, 1.165) is 38.5 Å². The molecule has 0 aliphatic heterocycles. The summed E-state index contributed by atoms with van der Waals surface area (Å²) in [6.07, 6.45) is 24.3. The van der Waals surface area contributed by atoms with Gasteiger partial charge in [-0.3, -0.25) is 4.52 Å². The Labute approximate surface area is 219 Å². The lowest BCUT2D eigenvalue weighted by molar-refractivity contribution is 0.193. The second-order valence-electron chi connectivity index (χ2n) is 8.95. The molecular formula is C26H50O8P2. The zero-order valence-corrected chi connectivity index (χ0v) is 24.0. The molecule has 0 atom stereocenters. The SMILES string of the molecule is CCCCCCCCCCCCCC#CC#CCCCCCCCCCOP(=O)(O)O.O=P(O)(O)O. The van der Waals surface area contributed by atoms with Crippen molar-refractivity contribution in [3.8, 4) is 23.7 Å². The predicted octanol–water partition coefficient (Wildman–Crippen LogP) is 7.00. The Morgan fingerprint density at radius 2 is 0.833 bits per heavy atom. The number of phosphoric ester groups is 1. The largest absolute Gasteiger partial charge is 0.469 e. The Kier molecular flexibility index (Phi) is 28.5. The maximum atomic E-state index is 10.5. The van der Waals surface area contributed by atoms with Crippen molar-refractivity contribution in [2.45, 2.75) is 135 Å². The van der Waals surface area contributed by atoms with Crippen molar-refractivity contribution in [3.05, 3.63) is 0 Å². The van der Waals surface area contributed by atoms with Crippen molar-refractivity contribution in [3.63, 3.8) is 0 Å². The standard InChI is InChI=1S/C26H47O4P.H3O4P/c1-2-3-4-5-6-7-8-9-10-11-12-13-14-15-16-17-18-19-20-21-22-23-24-25-26-30-31(27,28)29;1-5(2,3)4/h2-13,18-26H2,1H3,(H2,27,28,29);(H3,1,2,3,4). The second kappa shape index (κ2) is 27.4. The molecule has 0 fully saturated rings. The highest BCUT2D eigenvalue weighted by molar-refractivity contribution is 7.46. The van der Waals surface area contributed by atoms with Crippen LogP contribution in [0.25, 0.3) is 0 Å². The quantitative estimate of drug-likeness (QED) is 0.0582. The third-order valence-corrected chi connectivity index (χ3v) is 5.87. The van der Waals surface area contributed by atoms with Crippen molar-refractivity contribution in [2.24, 2.45) is 0 Å². The van der Waals surface area contributed by atoms with E-state index >= 15 is 0 Å². The molecule has 0 rings (SSSR count). The first-order chi connectivity index (χ1) is 17.1. The minimum Gasteiger partial charge on any atom is -0.303 e. The Morgan fingerprint density at radius 1 is 0.528 bits per heavy atom. The first kappa shape index (κ1) is 37.5. The Balaban J connectivity index is 0. The van der Waals surface area contributed by atoms with Crippen LogP contribution in [-0.4, -0.2) is 31.1 Å². The van der Waals surface area contributed by atoms with Crippen LogP contribution in [0, 0.1) is 23.7 Å². The first-order valence-corrected chi connectivity index (χ1v) is 16.6. The van der Waals surface area contributed by atoms with Gasteiger partial charge in [-0.25, -0.2) is 9.13 Å². The molecule has 0 radical (unpaired) electrons. The Bertz CT molecular complexity index is 686. The van der Waals surface area contributed by atoms with Crippen LogP contribution in [0.4, 0.5) is 0 Å². The van der Waals surface area contributed by atoms with Crippen LogP contribution in [0.2, 0.25) is 0 Å². The molecule has 8 nitrogen and oxygen atoms in total. The molecule has 0 aliphatic rings. The van der Waals surface area contributed by atoms with Crippen LogP contribution < -0.4 is 0 Å². The number of hydrogen-bond donors (Lipinski definition) is 5. The molecule has 0 saturated carbocycles. The van der Waals surface area contributed by atoms with Gasteiger partial charge in [0.05, 0.1) is 6.61 Å². The molecule has 36 heavy (non-hydrogen) atoms. The van der Waals surface area contributed by atoms with Gasteiger partial charge >= 0.3 is 15.6 Å². The summed E-state index contributed by atoms with van der Waals surface area (Å²) in [5, 5.41) is 0. The lowest BCUT2D eigenvalue weighted by atomic mass is 10.1. The highest BCUT2D eigenvalue weighted by atomic mass is 31.2. The molecule has 0 aromatic rings. The van der Waals surface area contributed by atoms with Crippen LogP contribution in [0.1, 0.15) is 135 Å². The van der Waals surface area contributed by atoms with Gasteiger partial charge in [-0.05, 0) is 31.1 Å². The lowest BCUT2D eigenvalue weighted by Crippen LogP contribution is -1.92. The predicted molar refractivity (Wildman–Crippen MR) is 146 cm³/mol. The van der Waals surface area contributed by atoms with E-state index < -0.39 is 15.6 Å². The molecule has 0 aliphatic carbocycles. The zero-order valence-electron chi connectivity index (χ0n) is 22.2. The summed E-state index contributed by atoms with van der Waals surface area (Å²) in [6.45, 7) is 2.41. The molecular weight excluding hydrogens is 502 g/mol. The minimum absolute atomic E-state index is 0.139. The van der Waals surface area contributed by atoms with E-state index in [1.54, 1.807) is 0 Å². The average molecular weight is 553 g/mol. The first-order valence-electron chi connectivity index (χ1n) is 13.5. The normalized spacial score (nSPS) is 11.1. The molecule has 212 valence electrons. The van der Waals surface area contributed by atoms with Gasteiger partial charge in [0, 0.05) is 12.8 Å². The molecule has 10 heteroatoms. The fourth-order valence-electron chi connectivity index (χ4n) is 3.47. The topological polar surface area (TPSA) is 145 Å². The summed E-state index contributed by atoms with van der Waals surface area (Å²) in [7, 11) is -8.93. The van der Waals surface area contributed by atoms with Gasteiger partial charge in [0.15, 0.2) is 0 Å². The van der Waals surface area contributed by atoms with Gasteiger partial charge in [0.2, 0.25) is 0 Å². The maximum absolute atomic E-state index is 10.5. The molecule has 0 spiro atoms. The third-order valence-electron chi connectivity index (χ3n) is 5.35. The van der Waals surface area contributed by atoms with Crippen molar-refractivity contribution >= 4 is 15.6 Å². The monoisotopic (exact) mass is 552 g/mol. The second-order valence-corrected chi connectivity index (χ2v) is 11.2. The van der Waals surface area contributed by atoms with Crippen molar-refractivity contribution in [1.82, 2.24) is 0 Å². The minimum atomic E-state index is -4.64. The van der Waals surface area contributed by atoms with Crippen LogP contribution in [-0.2, 0) is 13.7 Å². The summed E-state index contributed by atoms with van der Waals surface area (Å²) >= 11 is 0. The number of unbranched alkanes of at least 4 members (excludes halogenated alkanes) is 18. The molecule has 0 heterocycles. The van der Waals surface area contributed by atoms with Crippen molar-refractivity contribution < 1.29 is 38.1 Å². The van der Waals surface area contributed by atoms with Crippen LogP contribution in [0.15, 0.2) is 0 Å². The van der Waals surface area contributed by atoms with E-state index in [9.17, 15) is 4.57 Å². The molecule has 0 bridgehead atoms. The van der Waals surface area contributed by atoms with E-state index in [2.05, 4.69) is 35.1 Å². The van der Waals surface area contributed by atoms with Gasteiger partial charge < -0.3 is 24.5 Å². The van der Waals surface area contributed by atoms with Gasteiger partial charge in [-0.2, -0.15) is 0 Å². The molecule has 0 unspecified atom stereocenters. The number of phosphoric acid groups is 2.